The predicted octanol–water partition coefficient (Wildman–Crippen LogP) is 5.24. The molecule has 3 aromatic rings. The van der Waals surface area contributed by atoms with Gasteiger partial charge in [0.15, 0.2) is 0 Å². The maximum absolute atomic E-state index is 13.2. The third kappa shape index (κ3) is 4.63. The molecule has 166 valence electrons. The molecule has 0 spiro atoms. The van der Waals surface area contributed by atoms with Crippen LogP contribution in [0, 0.1) is 18.8 Å². The number of fused-ring (bicyclic) bond motifs is 1. The molecule has 1 aliphatic carbocycles. The van der Waals surface area contributed by atoms with Crippen LogP contribution in [0.2, 0.25) is 0 Å². The second kappa shape index (κ2) is 9.49. The van der Waals surface area contributed by atoms with Crippen LogP contribution in [-0.2, 0) is 0 Å². The van der Waals surface area contributed by atoms with Crippen molar-refractivity contribution in [1.29, 1.82) is 0 Å². The third-order valence-corrected chi connectivity index (χ3v) is 6.84. The quantitative estimate of drug-likeness (QED) is 0.564. The number of aromatic nitrogens is 3. The van der Waals surface area contributed by atoms with Crippen molar-refractivity contribution in [1.82, 2.24) is 19.9 Å². The lowest BCUT2D eigenvalue weighted by Crippen LogP contribution is -2.31. The molecule has 5 rings (SSSR count). The summed E-state index contributed by atoms with van der Waals surface area (Å²) >= 11 is 0. The molecular weight excluding hydrogens is 408 g/mol. The van der Waals surface area contributed by atoms with Crippen molar-refractivity contribution in [3.63, 3.8) is 0 Å². The molecule has 2 fully saturated rings. The first kappa shape index (κ1) is 21.3. The van der Waals surface area contributed by atoms with Crippen LogP contribution in [0.3, 0.4) is 0 Å². The van der Waals surface area contributed by atoms with E-state index in [4.69, 9.17) is 0 Å². The largest absolute Gasteiger partial charge is 0.335 e. The number of nitrogens with zero attached hydrogens (tertiary/aromatic N) is 4. The number of hydrogen-bond donors (Lipinski definition) is 0. The van der Waals surface area contributed by atoms with E-state index in [0.29, 0.717) is 23.6 Å². The molecule has 5 heteroatoms. The first-order valence-electron chi connectivity index (χ1n) is 11.6. The van der Waals surface area contributed by atoms with Gasteiger partial charge in [0.1, 0.15) is 5.82 Å². The zero-order valence-electron chi connectivity index (χ0n) is 18.8. The molecule has 0 bridgehead atoms. The fraction of sp³-hybridized carbons (Fsp3) is 0.286. The summed E-state index contributed by atoms with van der Waals surface area (Å²) in [5, 5.41) is 0. The molecule has 1 saturated carbocycles. The first-order valence-corrected chi connectivity index (χ1v) is 11.6. The summed E-state index contributed by atoms with van der Waals surface area (Å²) in [5.74, 6) is 2.20. The van der Waals surface area contributed by atoms with Crippen LogP contribution in [0.5, 0.6) is 0 Å². The van der Waals surface area contributed by atoms with E-state index in [1.54, 1.807) is 25.4 Å². The van der Waals surface area contributed by atoms with Gasteiger partial charge in [0.2, 0.25) is 5.82 Å². The summed E-state index contributed by atoms with van der Waals surface area (Å²) in [6.45, 7) is 3.33. The highest BCUT2D eigenvalue weighted by Crippen LogP contribution is 2.48. The number of aryl methyl sites for hydroxylation is 1. The van der Waals surface area contributed by atoms with E-state index in [2.05, 4.69) is 69.5 Å². The van der Waals surface area contributed by atoms with Gasteiger partial charge in [-0.15, -0.1) is 0 Å². The Bertz CT molecular complexity index is 1180. The lowest BCUT2D eigenvalue weighted by molar-refractivity contribution is 0.0767. The summed E-state index contributed by atoms with van der Waals surface area (Å²) in [5.41, 5.74) is 4.04. The van der Waals surface area contributed by atoms with Gasteiger partial charge in [-0.05, 0) is 66.3 Å². The van der Waals surface area contributed by atoms with Gasteiger partial charge in [0, 0.05) is 25.5 Å². The summed E-state index contributed by atoms with van der Waals surface area (Å²) < 4.78 is 0. The number of amides is 1. The zero-order chi connectivity index (χ0) is 22.6. The SMILES string of the molecule is Cc1ncccccnc(C(=O)N2C[C@H]3CC(c4ccccc4-c4ccccc4)C[C@H]3C2)n1. The molecular formula is C28H28N4O. The fourth-order valence-electron chi connectivity index (χ4n) is 5.34. The van der Waals surface area contributed by atoms with Crippen LogP contribution in [-0.4, -0.2) is 38.8 Å². The maximum Gasteiger partial charge on any atom is 0.291 e. The average molecular weight is 437 g/mol. The fourth-order valence-corrected chi connectivity index (χ4v) is 5.34. The monoisotopic (exact) mass is 436 g/mol. The molecule has 0 radical (unpaired) electrons. The summed E-state index contributed by atoms with van der Waals surface area (Å²) in [6.07, 6.45) is 5.52. The number of carbonyl (C=O) groups excluding carboxylic acids is 1. The Morgan fingerprint density at radius 2 is 1.45 bits per heavy atom. The van der Waals surface area contributed by atoms with E-state index < -0.39 is 0 Å². The summed E-state index contributed by atoms with van der Waals surface area (Å²) in [4.78, 5) is 28.1. The Morgan fingerprint density at radius 1 is 0.818 bits per heavy atom. The normalized spacial score (nSPS) is 21.4. The minimum Gasteiger partial charge on any atom is -0.335 e. The molecule has 2 aromatic carbocycles. The Balaban J connectivity index is 1.33. The van der Waals surface area contributed by atoms with E-state index in [0.717, 1.165) is 25.9 Å². The van der Waals surface area contributed by atoms with Crippen LogP contribution in [0.1, 0.15) is 40.8 Å². The second-order valence-corrected chi connectivity index (χ2v) is 8.97. The number of rotatable bonds is 3. The van der Waals surface area contributed by atoms with Gasteiger partial charge in [0.05, 0.1) is 0 Å². The minimum atomic E-state index is -0.102. The van der Waals surface area contributed by atoms with Crippen LogP contribution in [0.4, 0.5) is 0 Å². The van der Waals surface area contributed by atoms with Crippen molar-refractivity contribution < 1.29 is 4.79 Å². The Labute approximate surface area is 194 Å². The van der Waals surface area contributed by atoms with Gasteiger partial charge in [-0.1, -0.05) is 60.7 Å². The molecule has 1 aliphatic heterocycles. The molecule has 2 heterocycles. The first-order chi connectivity index (χ1) is 16.2. The number of hydrogen-bond acceptors (Lipinski definition) is 4. The van der Waals surface area contributed by atoms with Crippen molar-refractivity contribution in [3.8, 4) is 11.1 Å². The van der Waals surface area contributed by atoms with Gasteiger partial charge < -0.3 is 4.90 Å². The lowest BCUT2D eigenvalue weighted by Gasteiger charge is -2.20. The van der Waals surface area contributed by atoms with E-state index in [9.17, 15) is 4.79 Å². The molecule has 3 atom stereocenters. The highest BCUT2D eigenvalue weighted by atomic mass is 16.2. The van der Waals surface area contributed by atoms with Crippen molar-refractivity contribution in [2.24, 2.45) is 11.8 Å². The van der Waals surface area contributed by atoms with Gasteiger partial charge in [-0.25, -0.2) is 15.0 Å². The highest BCUT2D eigenvalue weighted by Gasteiger charge is 2.43. The highest BCUT2D eigenvalue weighted by molar-refractivity contribution is 5.90. The molecule has 2 aliphatic rings. The Morgan fingerprint density at radius 3 is 2.21 bits per heavy atom. The van der Waals surface area contributed by atoms with Crippen LogP contribution in [0.25, 0.3) is 11.1 Å². The summed E-state index contributed by atoms with van der Waals surface area (Å²) in [6, 6.07) is 24.8. The third-order valence-electron chi connectivity index (χ3n) is 6.84. The maximum atomic E-state index is 13.2. The van der Waals surface area contributed by atoms with Crippen LogP contribution < -0.4 is 0 Å². The minimum absolute atomic E-state index is 0.102. The van der Waals surface area contributed by atoms with Gasteiger partial charge in [-0.3, -0.25) is 4.79 Å². The molecule has 1 saturated heterocycles. The smallest absolute Gasteiger partial charge is 0.291 e. The van der Waals surface area contributed by atoms with Crippen molar-refractivity contribution in [3.05, 3.63) is 102 Å². The predicted molar refractivity (Wildman–Crippen MR) is 129 cm³/mol. The Hall–Kier alpha value is -3.60. The van der Waals surface area contributed by atoms with Gasteiger partial charge in [-0.2, -0.15) is 0 Å². The van der Waals surface area contributed by atoms with E-state index in [1.165, 1.54) is 16.7 Å². The molecule has 5 nitrogen and oxygen atoms in total. The molecule has 0 N–H and O–H groups in total. The number of carbonyl (C=O) groups is 1. The van der Waals surface area contributed by atoms with E-state index in [1.807, 2.05) is 17.0 Å². The average Bonchev–Trinajstić information content (AvgIpc) is 3.43. The standard InChI is InChI=1S/C28H28N4O/c1-20-29-14-8-3-9-15-30-27(31-20)28(33)32-18-23-16-22(17-24(23)19-32)26-13-7-6-12-25(26)21-10-4-2-5-11-21/h2-15,22-24H,16-19H2,1H3/t22?,23-,24+. The Kier molecular flexibility index (Phi) is 6.11. The van der Waals surface area contributed by atoms with Crippen LogP contribution >= 0.6 is 0 Å². The lowest BCUT2D eigenvalue weighted by atomic mass is 9.88. The van der Waals surface area contributed by atoms with Crippen molar-refractivity contribution >= 4 is 5.91 Å². The van der Waals surface area contributed by atoms with Gasteiger partial charge >= 0.3 is 0 Å². The molecule has 1 amide bonds. The van der Waals surface area contributed by atoms with Crippen molar-refractivity contribution in [2.45, 2.75) is 25.7 Å². The number of likely N-dealkylation sites (tertiary alicyclic amines) is 1. The molecule has 1 unspecified atom stereocenters. The van der Waals surface area contributed by atoms with Crippen LogP contribution in [0.15, 0.2) is 85.2 Å². The molecule has 33 heavy (non-hydrogen) atoms. The topological polar surface area (TPSA) is 59.0 Å². The molecule has 1 aromatic heterocycles. The number of benzene rings is 2. The van der Waals surface area contributed by atoms with Crippen molar-refractivity contribution in [2.75, 3.05) is 13.1 Å². The second-order valence-electron chi connectivity index (χ2n) is 8.97. The van der Waals surface area contributed by atoms with E-state index in [-0.39, 0.29) is 11.7 Å². The zero-order valence-corrected chi connectivity index (χ0v) is 18.8. The van der Waals surface area contributed by atoms with Gasteiger partial charge in [0.25, 0.3) is 5.91 Å². The summed E-state index contributed by atoms with van der Waals surface area (Å²) in [7, 11) is 0. The van der Waals surface area contributed by atoms with E-state index >= 15 is 0 Å².